The van der Waals surface area contributed by atoms with Crippen molar-refractivity contribution in [1.29, 1.82) is 0 Å². The van der Waals surface area contributed by atoms with Crippen LogP contribution in [-0.4, -0.2) is 22.1 Å². The monoisotopic (exact) mass is 336 g/mol. The van der Waals surface area contributed by atoms with Gasteiger partial charge >= 0.3 is 0 Å². The zero-order valence-corrected chi connectivity index (χ0v) is 14.5. The molecule has 1 fully saturated rings. The van der Waals surface area contributed by atoms with Crippen LogP contribution >= 0.6 is 11.8 Å². The van der Waals surface area contributed by atoms with E-state index in [9.17, 15) is 14.9 Å². The Balaban J connectivity index is 1.81. The quantitative estimate of drug-likeness (QED) is 0.481. The van der Waals surface area contributed by atoms with E-state index in [4.69, 9.17) is 0 Å². The maximum absolute atomic E-state index is 12.3. The number of carbonyl (C=O) groups excluding carboxylic acids is 1. The molecule has 0 saturated heterocycles. The first-order chi connectivity index (χ1) is 11.0. The van der Waals surface area contributed by atoms with Gasteiger partial charge in [-0.2, -0.15) is 0 Å². The molecule has 1 aliphatic carbocycles. The molecule has 1 unspecified atom stereocenters. The predicted octanol–water partition coefficient (Wildman–Crippen LogP) is 4.16. The number of thioether (sulfide) groups is 1. The van der Waals surface area contributed by atoms with E-state index >= 15 is 0 Å². The molecule has 0 aromatic heterocycles. The van der Waals surface area contributed by atoms with E-state index in [2.05, 4.69) is 12.2 Å². The van der Waals surface area contributed by atoms with Gasteiger partial charge in [-0.1, -0.05) is 13.3 Å². The maximum Gasteiger partial charge on any atom is 0.269 e. The molecular weight excluding hydrogens is 312 g/mol. The van der Waals surface area contributed by atoms with Crippen LogP contribution < -0.4 is 5.32 Å². The van der Waals surface area contributed by atoms with Gasteiger partial charge in [-0.15, -0.1) is 11.8 Å². The van der Waals surface area contributed by atoms with Gasteiger partial charge in [0, 0.05) is 23.1 Å². The highest BCUT2D eigenvalue weighted by molar-refractivity contribution is 8.00. The molecule has 0 bridgehead atoms. The summed E-state index contributed by atoms with van der Waals surface area (Å²) < 4.78 is 0. The third kappa shape index (κ3) is 5.23. The largest absolute Gasteiger partial charge is 0.352 e. The molecule has 0 radical (unpaired) electrons. The van der Waals surface area contributed by atoms with E-state index in [1.165, 1.54) is 43.2 Å². The molecule has 1 amide bonds. The number of hydrogen-bond acceptors (Lipinski definition) is 4. The summed E-state index contributed by atoms with van der Waals surface area (Å²) in [5, 5.41) is 13.6. The van der Waals surface area contributed by atoms with Gasteiger partial charge in [0.25, 0.3) is 5.69 Å². The van der Waals surface area contributed by atoms with Crippen molar-refractivity contribution in [2.24, 2.45) is 5.92 Å². The van der Waals surface area contributed by atoms with Crippen LogP contribution in [0.25, 0.3) is 0 Å². The fourth-order valence-corrected chi connectivity index (χ4v) is 3.81. The van der Waals surface area contributed by atoms with Gasteiger partial charge in [0.1, 0.15) is 0 Å². The van der Waals surface area contributed by atoms with Gasteiger partial charge in [0.15, 0.2) is 0 Å². The second-order valence-electron chi connectivity index (χ2n) is 6.15. The van der Waals surface area contributed by atoms with Crippen LogP contribution in [0.3, 0.4) is 0 Å². The van der Waals surface area contributed by atoms with Crippen LogP contribution in [-0.2, 0) is 4.79 Å². The number of nitrogens with zero attached hydrogens (tertiary/aromatic N) is 1. The lowest BCUT2D eigenvalue weighted by Crippen LogP contribution is -2.41. The smallest absolute Gasteiger partial charge is 0.269 e. The number of nitro benzene ring substituents is 1. The number of nitro groups is 1. The Morgan fingerprint density at radius 1 is 1.30 bits per heavy atom. The Morgan fingerprint density at radius 3 is 2.43 bits per heavy atom. The summed E-state index contributed by atoms with van der Waals surface area (Å²) in [6, 6.07) is 6.63. The number of carbonyl (C=O) groups is 1. The lowest BCUT2D eigenvalue weighted by atomic mass is 9.84. The Labute approximate surface area is 141 Å². The molecule has 0 heterocycles. The second-order valence-corrected chi connectivity index (χ2v) is 7.56. The van der Waals surface area contributed by atoms with Crippen LogP contribution in [0.15, 0.2) is 29.2 Å². The van der Waals surface area contributed by atoms with Crippen molar-refractivity contribution >= 4 is 23.4 Å². The van der Waals surface area contributed by atoms with Gasteiger partial charge in [-0.05, 0) is 50.7 Å². The third-order valence-electron chi connectivity index (χ3n) is 4.50. The van der Waals surface area contributed by atoms with Crippen molar-refractivity contribution < 1.29 is 9.72 Å². The highest BCUT2D eigenvalue weighted by atomic mass is 32.2. The minimum absolute atomic E-state index is 0.0494. The summed E-state index contributed by atoms with van der Waals surface area (Å²) in [6.45, 7) is 4.10. The predicted molar refractivity (Wildman–Crippen MR) is 92.6 cm³/mol. The average Bonchev–Trinajstić information content (AvgIpc) is 2.56. The lowest BCUT2D eigenvalue weighted by Gasteiger charge is -2.29. The minimum Gasteiger partial charge on any atom is -0.352 e. The van der Waals surface area contributed by atoms with Crippen molar-refractivity contribution in [2.45, 2.75) is 62.1 Å². The maximum atomic E-state index is 12.3. The summed E-state index contributed by atoms with van der Waals surface area (Å²) in [6.07, 6.45) is 5.77. The zero-order chi connectivity index (χ0) is 16.8. The SMILES string of the molecule is CCC1CCC(NC(=O)C(C)Sc2ccc([N+](=O)[O-])cc2)CC1. The summed E-state index contributed by atoms with van der Waals surface area (Å²) in [5.41, 5.74) is 0.0686. The molecule has 1 atom stereocenters. The number of rotatable bonds is 6. The van der Waals surface area contributed by atoms with Crippen molar-refractivity contribution in [3.05, 3.63) is 34.4 Å². The Hall–Kier alpha value is -1.56. The third-order valence-corrected chi connectivity index (χ3v) is 5.61. The lowest BCUT2D eigenvalue weighted by molar-refractivity contribution is -0.384. The van der Waals surface area contributed by atoms with Crippen LogP contribution in [0.1, 0.15) is 46.0 Å². The molecule has 2 rings (SSSR count). The number of benzene rings is 1. The topological polar surface area (TPSA) is 72.2 Å². The van der Waals surface area contributed by atoms with E-state index in [1.54, 1.807) is 12.1 Å². The zero-order valence-electron chi connectivity index (χ0n) is 13.7. The summed E-state index contributed by atoms with van der Waals surface area (Å²) in [4.78, 5) is 23.4. The fraction of sp³-hybridized carbons (Fsp3) is 0.588. The van der Waals surface area contributed by atoms with Crippen LogP contribution in [0.5, 0.6) is 0 Å². The van der Waals surface area contributed by atoms with E-state index in [1.807, 2.05) is 6.92 Å². The number of amides is 1. The van der Waals surface area contributed by atoms with Crippen molar-refractivity contribution in [3.63, 3.8) is 0 Å². The molecular formula is C17H24N2O3S. The normalized spacial score (nSPS) is 22.3. The second kappa shape index (κ2) is 8.34. The summed E-state index contributed by atoms with van der Waals surface area (Å²) in [7, 11) is 0. The van der Waals surface area contributed by atoms with Crippen LogP contribution in [0.2, 0.25) is 0 Å². The average molecular weight is 336 g/mol. The van der Waals surface area contributed by atoms with Crippen molar-refractivity contribution in [3.8, 4) is 0 Å². The molecule has 1 N–H and O–H groups in total. The molecule has 0 aliphatic heterocycles. The molecule has 1 aromatic rings. The first-order valence-corrected chi connectivity index (χ1v) is 9.09. The molecule has 5 nitrogen and oxygen atoms in total. The number of hydrogen-bond donors (Lipinski definition) is 1. The van der Waals surface area contributed by atoms with Gasteiger partial charge in [0.2, 0.25) is 5.91 Å². The Bertz CT molecular complexity index is 539. The van der Waals surface area contributed by atoms with Crippen LogP contribution in [0.4, 0.5) is 5.69 Å². The molecule has 1 saturated carbocycles. The van der Waals surface area contributed by atoms with Crippen molar-refractivity contribution in [1.82, 2.24) is 5.32 Å². The van der Waals surface area contributed by atoms with E-state index in [-0.39, 0.29) is 16.8 Å². The Kier molecular flexibility index (Phi) is 6.45. The van der Waals surface area contributed by atoms with E-state index < -0.39 is 4.92 Å². The highest BCUT2D eigenvalue weighted by Crippen LogP contribution is 2.28. The summed E-state index contributed by atoms with van der Waals surface area (Å²) >= 11 is 1.43. The van der Waals surface area contributed by atoms with E-state index in [0.29, 0.717) is 6.04 Å². The minimum atomic E-state index is -0.419. The molecule has 1 aliphatic rings. The van der Waals surface area contributed by atoms with Crippen LogP contribution in [0, 0.1) is 16.0 Å². The first kappa shape index (κ1) is 17.8. The standard InChI is InChI=1S/C17H24N2O3S/c1-3-13-4-6-14(7-5-13)18-17(20)12(2)23-16-10-8-15(9-11-16)19(21)22/h8-14H,3-7H2,1-2H3,(H,18,20). The number of nitrogens with one attached hydrogen (secondary N) is 1. The molecule has 1 aromatic carbocycles. The molecule has 23 heavy (non-hydrogen) atoms. The fourth-order valence-electron chi connectivity index (χ4n) is 2.94. The van der Waals surface area contributed by atoms with Gasteiger partial charge < -0.3 is 5.32 Å². The Morgan fingerprint density at radius 2 is 1.91 bits per heavy atom. The first-order valence-electron chi connectivity index (χ1n) is 8.21. The van der Waals surface area contributed by atoms with Gasteiger partial charge in [-0.25, -0.2) is 0 Å². The number of non-ortho nitro benzene ring substituents is 1. The highest BCUT2D eigenvalue weighted by Gasteiger charge is 2.23. The van der Waals surface area contributed by atoms with E-state index in [0.717, 1.165) is 23.7 Å². The van der Waals surface area contributed by atoms with Gasteiger partial charge in [0.05, 0.1) is 10.2 Å². The van der Waals surface area contributed by atoms with Crippen molar-refractivity contribution in [2.75, 3.05) is 0 Å². The molecule has 126 valence electrons. The molecule has 6 heteroatoms. The van der Waals surface area contributed by atoms with Gasteiger partial charge in [-0.3, -0.25) is 14.9 Å². The molecule has 0 spiro atoms. The summed E-state index contributed by atoms with van der Waals surface area (Å²) in [5.74, 6) is 0.864.